The standard InChI is InChI=1S/C21H22N2O3S2/c24-19(25)13-22-12-15(16-7-3-4-8-17(16)22)11-18-20(26)23(21(27)28-18)10-9-14-5-1-2-6-14/h3-4,7-8,11-12,14H,1-2,5-6,9-10,13H2,(H,24,25)/b18-11-. The van der Waals surface area contributed by atoms with Crippen LogP contribution in [0.2, 0.25) is 0 Å². The van der Waals surface area contributed by atoms with Crippen LogP contribution in [-0.2, 0) is 16.1 Å². The van der Waals surface area contributed by atoms with Gasteiger partial charge >= 0.3 is 5.97 Å². The van der Waals surface area contributed by atoms with E-state index in [1.54, 1.807) is 15.7 Å². The Bertz CT molecular complexity index is 973. The number of fused-ring (bicyclic) bond motifs is 1. The number of carboxylic acid groups (broad SMARTS) is 1. The van der Waals surface area contributed by atoms with Crippen LogP contribution in [0.5, 0.6) is 0 Å². The number of carboxylic acids is 1. The van der Waals surface area contributed by atoms with Crippen molar-refractivity contribution < 1.29 is 14.7 Å². The molecule has 2 aromatic rings. The molecule has 2 fully saturated rings. The first-order valence-electron chi connectivity index (χ1n) is 9.58. The van der Waals surface area contributed by atoms with Gasteiger partial charge in [-0.05, 0) is 24.5 Å². The lowest BCUT2D eigenvalue weighted by molar-refractivity contribution is -0.137. The zero-order valence-corrected chi connectivity index (χ0v) is 17.1. The van der Waals surface area contributed by atoms with Gasteiger partial charge in [-0.3, -0.25) is 14.5 Å². The number of thioether (sulfide) groups is 1. The number of aromatic nitrogens is 1. The second kappa shape index (κ2) is 8.09. The maximum absolute atomic E-state index is 12.9. The third-order valence-electron chi connectivity index (χ3n) is 5.52. The number of hydrogen-bond donors (Lipinski definition) is 1. The van der Waals surface area contributed by atoms with Crippen molar-refractivity contribution in [1.29, 1.82) is 0 Å². The monoisotopic (exact) mass is 414 g/mol. The van der Waals surface area contributed by atoms with E-state index in [0.717, 1.165) is 22.9 Å². The van der Waals surface area contributed by atoms with Crippen molar-refractivity contribution in [3.05, 3.63) is 40.9 Å². The first-order chi connectivity index (χ1) is 13.5. The molecule has 0 atom stereocenters. The number of aliphatic carboxylic acids is 1. The highest BCUT2D eigenvalue weighted by atomic mass is 32.2. The molecule has 7 heteroatoms. The smallest absolute Gasteiger partial charge is 0.323 e. The van der Waals surface area contributed by atoms with Crippen molar-refractivity contribution in [1.82, 2.24) is 9.47 Å². The molecule has 1 aliphatic carbocycles. The van der Waals surface area contributed by atoms with Crippen LogP contribution in [0.15, 0.2) is 35.4 Å². The van der Waals surface area contributed by atoms with Gasteiger partial charge in [0.25, 0.3) is 5.91 Å². The van der Waals surface area contributed by atoms with Crippen LogP contribution in [0.25, 0.3) is 17.0 Å². The molecule has 1 N–H and O–H groups in total. The lowest BCUT2D eigenvalue weighted by Crippen LogP contribution is -2.30. The van der Waals surface area contributed by atoms with Crippen molar-refractivity contribution in [2.45, 2.75) is 38.6 Å². The summed E-state index contributed by atoms with van der Waals surface area (Å²) in [5.41, 5.74) is 1.68. The van der Waals surface area contributed by atoms with Crippen LogP contribution in [-0.4, -0.2) is 37.3 Å². The van der Waals surface area contributed by atoms with Gasteiger partial charge in [-0.15, -0.1) is 0 Å². The fourth-order valence-electron chi connectivity index (χ4n) is 4.11. The summed E-state index contributed by atoms with van der Waals surface area (Å²) in [7, 11) is 0. The largest absolute Gasteiger partial charge is 0.480 e. The second-order valence-electron chi connectivity index (χ2n) is 7.40. The molecule has 4 rings (SSSR count). The van der Waals surface area contributed by atoms with Crippen LogP contribution in [0.3, 0.4) is 0 Å². The molecule has 1 aliphatic heterocycles. The average molecular weight is 415 g/mol. The van der Waals surface area contributed by atoms with Crippen LogP contribution in [0, 0.1) is 5.92 Å². The highest BCUT2D eigenvalue weighted by molar-refractivity contribution is 8.26. The molecule has 1 aromatic carbocycles. The van der Waals surface area contributed by atoms with Crippen LogP contribution in [0.1, 0.15) is 37.7 Å². The topological polar surface area (TPSA) is 62.5 Å². The van der Waals surface area contributed by atoms with Gasteiger partial charge in [0.05, 0.1) is 4.91 Å². The number of nitrogens with zero attached hydrogens (tertiary/aromatic N) is 2. The molecule has 0 unspecified atom stereocenters. The molecule has 2 aliphatic rings. The number of thiocarbonyl (C=S) groups is 1. The molecular formula is C21H22N2O3S2. The number of benzene rings is 1. The van der Waals surface area contributed by atoms with Crippen molar-refractivity contribution >= 4 is 57.2 Å². The molecule has 28 heavy (non-hydrogen) atoms. The average Bonchev–Trinajstić information content (AvgIpc) is 3.35. The summed E-state index contributed by atoms with van der Waals surface area (Å²) < 4.78 is 2.31. The van der Waals surface area contributed by atoms with E-state index in [1.165, 1.54) is 37.4 Å². The number of amides is 1. The molecule has 0 radical (unpaired) electrons. The summed E-state index contributed by atoms with van der Waals surface area (Å²) >= 11 is 6.79. The summed E-state index contributed by atoms with van der Waals surface area (Å²) in [5.74, 6) is -0.226. The Kier molecular flexibility index (Phi) is 5.55. The van der Waals surface area contributed by atoms with Gasteiger partial charge in [0.1, 0.15) is 10.9 Å². The first-order valence-corrected chi connectivity index (χ1v) is 10.8. The van der Waals surface area contributed by atoms with E-state index in [2.05, 4.69) is 0 Å². The maximum Gasteiger partial charge on any atom is 0.323 e. The van der Waals surface area contributed by atoms with Gasteiger partial charge in [0.2, 0.25) is 0 Å². The summed E-state index contributed by atoms with van der Waals surface area (Å²) in [6, 6.07) is 7.63. The molecule has 1 saturated heterocycles. The van der Waals surface area contributed by atoms with Crippen molar-refractivity contribution in [2.24, 2.45) is 5.92 Å². The number of rotatable bonds is 6. The Labute approximate surface area is 173 Å². The minimum absolute atomic E-state index is 0.0388. The molecule has 1 aromatic heterocycles. The van der Waals surface area contributed by atoms with E-state index in [0.29, 0.717) is 21.7 Å². The summed E-state index contributed by atoms with van der Waals surface area (Å²) in [6.45, 7) is 0.574. The Morgan fingerprint density at radius 2 is 2.04 bits per heavy atom. The van der Waals surface area contributed by atoms with E-state index in [4.69, 9.17) is 17.3 Å². The fourth-order valence-corrected chi connectivity index (χ4v) is 5.41. The third kappa shape index (κ3) is 3.86. The summed E-state index contributed by atoms with van der Waals surface area (Å²) in [6.07, 6.45) is 9.76. The van der Waals surface area contributed by atoms with E-state index in [9.17, 15) is 9.59 Å². The molecule has 146 valence electrons. The zero-order valence-electron chi connectivity index (χ0n) is 15.5. The minimum Gasteiger partial charge on any atom is -0.480 e. The van der Waals surface area contributed by atoms with Crippen molar-refractivity contribution in [3.8, 4) is 0 Å². The Hall–Kier alpha value is -2.12. The molecule has 1 saturated carbocycles. The fraction of sp³-hybridized carbons (Fsp3) is 0.381. The van der Waals surface area contributed by atoms with E-state index >= 15 is 0 Å². The van der Waals surface area contributed by atoms with Gasteiger partial charge in [-0.25, -0.2) is 0 Å². The lowest BCUT2D eigenvalue weighted by atomic mass is 10.0. The zero-order chi connectivity index (χ0) is 19.7. The molecule has 0 spiro atoms. The number of carbonyl (C=O) groups is 2. The van der Waals surface area contributed by atoms with Crippen molar-refractivity contribution in [3.63, 3.8) is 0 Å². The van der Waals surface area contributed by atoms with Gasteiger partial charge < -0.3 is 9.67 Å². The molecule has 0 bridgehead atoms. The van der Waals surface area contributed by atoms with Crippen molar-refractivity contribution in [2.75, 3.05) is 6.54 Å². The molecule has 1 amide bonds. The number of para-hydroxylation sites is 1. The molecule has 5 nitrogen and oxygen atoms in total. The summed E-state index contributed by atoms with van der Waals surface area (Å²) in [4.78, 5) is 26.4. The van der Waals surface area contributed by atoms with E-state index in [-0.39, 0.29) is 12.5 Å². The van der Waals surface area contributed by atoms with Gasteiger partial charge in [-0.2, -0.15) is 0 Å². The first kappa shape index (κ1) is 19.2. The maximum atomic E-state index is 12.9. The van der Waals surface area contributed by atoms with E-state index < -0.39 is 5.97 Å². The van der Waals surface area contributed by atoms with Gasteiger partial charge in [0.15, 0.2) is 0 Å². The van der Waals surface area contributed by atoms with E-state index in [1.807, 2.05) is 30.3 Å². The predicted octanol–water partition coefficient (Wildman–Crippen LogP) is 4.51. The highest BCUT2D eigenvalue weighted by Gasteiger charge is 2.32. The molecular weight excluding hydrogens is 392 g/mol. The quantitative estimate of drug-likeness (QED) is 0.557. The van der Waals surface area contributed by atoms with Crippen LogP contribution in [0.4, 0.5) is 0 Å². The summed E-state index contributed by atoms with van der Waals surface area (Å²) in [5, 5.41) is 10.1. The third-order valence-corrected chi connectivity index (χ3v) is 6.90. The molecule has 2 heterocycles. The number of carbonyl (C=O) groups excluding carboxylic acids is 1. The minimum atomic E-state index is -0.898. The van der Waals surface area contributed by atoms with Gasteiger partial charge in [0, 0.05) is 29.2 Å². The van der Waals surface area contributed by atoms with Crippen LogP contribution < -0.4 is 0 Å². The predicted molar refractivity (Wildman–Crippen MR) is 116 cm³/mol. The highest BCUT2D eigenvalue weighted by Crippen LogP contribution is 2.36. The number of hydrogen-bond acceptors (Lipinski definition) is 4. The second-order valence-corrected chi connectivity index (χ2v) is 9.07. The lowest BCUT2D eigenvalue weighted by Gasteiger charge is -2.17. The van der Waals surface area contributed by atoms with Gasteiger partial charge in [-0.1, -0.05) is 67.9 Å². The Balaban J connectivity index is 1.58. The Morgan fingerprint density at radius 1 is 1.29 bits per heavy atom. The Morgan fingerprint density at radius 3 is 2.79 bits per heavy atom. The van der Waals surface area contributed by atoms with Crippen LogP contribution >= 0.6 is 24.0 Å². The normalized spacial score (nSPS) is 19.4. The SMILES string of the molecule is O=C(O)Cn1cc(/C=C2\SC(=S)N(CCC3CCCC3)C2=O)c2ccccc21.